The molecular weight excluding hydrogens is 508 g/mol. The molecule has 38 heavy (non-hydrogen) atoms. The van der Waals surface area contributed by atoms with Crippen LogP contribution in [-0.4, -0.2) is 93.8 Å². The highest BCUT2D eigenvalue weighted by atomic mass is 16.6. The van der Waals surface area contributed by atoms with Gasteiger partial charge in [-0.3, -0.25) is 0 Å². The molecule has 0 aliphatic carbocycles. The van der Waals surface area contributed by atoms with Crippen LogP contribution in [0.15, 0.2) is 18.2 Å². The second kappa shape index (κ2) is 10.8. The molecule has 2 heterocycles. The maximum atomic E-state index is 12.8. The van der Waals surface area contributed by atoms with Gasteiger partial charge in [-0.2, -0.15) is 0 Å². The van der Waals surface area contributed by atoms with Gasteiger partial charge in [0.2, 0.25) is 11.5 Å². The first kappa shape index (κ1) is 27.1. The van der Waals surface area contributed by atoms with Crippen LogP contribution in [0.4, 0.5) is 0 Å². The standard InChI is InChI=1S/C25H28O13/c1-31-13-7-10(6-12(26)19(13)33-3)24(29)36-9-15-17(27)18(28)23-22(37-15)16-11(25(30)38-23)8-14(32-2)20(34-4)21(16)35-5/h6-8,15,17-18,22-23,26-28H,9H2,1-5H3/t15-,17-,18+,22+,23-/m1/s1. The lowest BCUT2D eigenvalue weighted by Crippen LogP contribution is -2.58. The van der Waals surface area contributed by atoms with Crippen molar-refractivity contribution in [3.05, 3.63) is 34.9 Å². The number of fused-ring (bicyclic) bond motifs is 3. The summed E-state index contributed by atoms with van der Waals surface area (Å²) in [6.07, 6.45) is -6.79. The normalized spacial score (nSPS) is 23.9. The van der Waals surface area contributed by atoms with Crippen LogP contribution >= 0.6 is 0 Å². The molecule has 4 rings (SSSR count). The number of phenolic OH excluding ortho intramolecular Hbond substituents is 1. The first-order chi connectivity index (χ1) is 18.2. The molecule has 0 aromatic heterocycles. The number of esters is 2. The Labute approximate surface area is 217 Å². The summed E-state index contributed by atoms with van der Waals surface area (Å²) in [5.74, 6) is -1.35. The van der Waals surface area contributed by atoms with Gasteiger partial charge >= 0.3 is 11.9 Å². The summed E-state index contributed by atoms with van der Waals surface area (Å²) in [7, 11) is 6.81. The maximum Gasteiger partial charge on any atom is 0.339 e. The lowest BCUT2D eigenvalue weighted by atomic mass is 9.86. The van der Waals surface area contributed by atoms with Crippen molar-refractivity contribution in [2.75, 3.05) is 42.2 Å². The van der Waals surface area contributed by atoms with Crippen molar-refractivity contribution >= 4 is 11.9 Å². The first-order valence-electron chi connectivity index (χ1n) is 11.4. The maximum absolute atomic E-state index is 12.8. The van der Waals surface area contributed by atoms with Crippen LogP contribution in [0, 0.1) is 0 Å². The summed E-state index contributed by atoms with van der Waals surface area (Å²) in [5, 5.41) is 31.6. The lowest BCUT2D eigenvalue weighted by Gasteiger charge is -2.45. The van der Waals surface area contributed by atoms with Crippen molar-refractivity contribution < 1.29 is 62.8 Å². The number of carbonyl (C=O) groups is 2. The number of methoxy groups -OCH3 is 5. The van der Waals surface area contributed by atoms with Gasteiger partial charge in [0.15, 0.2) is 29.1 Å². The Morgan fingerprint density at radius 1 is 0.868 bits per heavy atom. The first-order valence-corrected chi connectivity index (χ1v) is 11.4. The molecule has 2 aliphatic heterocycles. The Kier molecular flexibility index (Phi) is 7.71. The minimum atomic E-state index is -1.59. The molecule has 0 saturated carbocycles. The van der Waals surface area contributed by atoms with Crippen molar-refractivity contribution in [2.45, 2.75) is 30.5 Å². The van der Waals surface area contributed by atoms with E-state index in [-0.39, 0.29) is 51.2 Å². The molecule has 1 fully saturated rings. The van der Waals surface area contributed by atoms with Crippen LogP contribution < -0.4 is 23.7 Å². The molecule has 0 bridgehead atoms. The third-order valence-corrected chi connectivity index (χ3v) is 6.38. The smallest absolute Gasteiger partial charge is 0.339 e. The minimum absolute atomic E-state index is 0.0377. The van der Waals surface area contributed by atoms with Gasteiger partial charge in [-0.1, -0.05) is 0 Å². The number of aromatic hydroxyl groups is 1. The van der Waals surface area contributed by atoms with Gasteiger partial charge < -0.3 is 53.2 Å². The average molecular weight is 536 g/mol. The number of benzene rings is 2. The molecule has 5 atom stereocenters. The van der Waals surface area contributed by atoms with E-state index in [9.17, 15) is 24.9 Å². The van der Waals surface area contributed by atoms with Crippen LogP contribution in [0.2, 0.25) is 0 Å². The third-order valence-electron chi connectivity index (χ3n) is 6.38. The number of aliphatic hydroxyl groups is 2. The summed E-state index contributed by atoms with van der Waals surface area (Å²) >= 11 is 0. The summed E-state index contributed by atoms with van der Waals surface area (Å²) in [4.78, 5) is 25.5. The van der Waals surface area contributed by atoms with E-state index >= 15 is 0 Å². The number of carbonyl (C=O) groups excluding carboxylic acids is 2. The molecule has 13 nitrogen and oxygen atoms in total. The molecule has 2 aromatic carbocycles. The fourth-order valence-corrected chi connectivity index (χ4v) is 4.56. The molecule has 2 aliphatic rings. The number of phenols is 1. The van der Waals surface area contributed by atoms with Gasteiger partial charge in [0.25, 0.3) is 0 Å². The summed E-state index contributed by atoms with van der Waals surface area (Å²) in [5.41, 5.74) is 0.221. The molecule has 0 amide bonds. The number of hydrogen-bond donors (Lipinski definition) is 3. The van der Waals surface area contributed by atoms with Crippen LogP contribution in [0.3, 0.4) is 0 Å². The van der Waals surface area contributed by atoms with E-state index in [1.807, 2.05) is 0 Å². The number of rotatable bonds is 8. The van der Waals surface area contributed by atoms with E-state index in [0.717, 1.165) is 6.07 Å². The van der Waals surface area contributed by atoms with Crippen molar-refractivity contribution in [1.82, 2.24) is 0 Å². The molecule has 13 heteroatoms. The van der Waals surface area contributed by atoms with Crippen LogP contribution in [0.25, 0.3) is 0 Å². The predicted octanol–water partition coefficient (Wildman–Crippen LogP) is 0.993. The van der Waals surface area contributed by atoms with Crippen LogP contribution in [0.1, 0.15) is 32.4 Å². The zero-order valence-electron chi connectivity index (χ0n) is 21.3. The van der Waals surface area contributed by atoms with Gasteiger partial charge in [-0.05, 0) is 18.2 Å². The fraction of sp³-hybridized carbons (Fsp3) is 0.440. The Hall–Kier alpha value is -3.94. The van der Waals surface area contributed by atoms with Crippen molar-refractivity contribution in [3.63, 3.8) is 0 Å². The summed E-state index contributed by atoms with van der Waals surface area (Å²) < 4.78 is 43.1. The van der Waals surface area contributed by atoms with Crippen LogP contribution in [-0.2, 0) is 14.2 Å². The average Bonchev–Trinajstić information content (AvgIpc) is 2.92. The highest BCUT2D eigenvalue weighted by Crippen LogP contribution is 2.50. The number of aliphatic hydroxyl groups excluding tert-OH is 2. The highest BCUT2D eigenvalue weighted by molar-refractivity contribution is 5.95. The zero-order valence-corrected chi connectivity index (χ0v) is 21.3. The van der Waals surface area contributed by atoms with Crippen LogP contribution in [0.5, 0.6) is 34.5 Å². The monoisotopic (exact) mass is 536 g/mol. The van der Waals surface area contributed by atoms with Crippen molar-refractivity contribution in [3.8, 4) is 34.5 Å². The highest BCUT2D eigenvalue weighted by Gasteiger charge is 2.52. The Bertz CT molecular complexity index is 1230. The second-order valence-corrected chi connectivity index (χ2v) is 8.38. The van der Waals surface area contributed by atoms with E-state index in [1.165, 1.54) is 47.7 Å². The molecule has 0 radical (unpaired) electrons. The Morgan fingerprint density at radius 2 is 1.50 bits per heavy atom. The molecule has 206 valence electrons. The van der Waals surface area contributed by atoms with Gasteiger partial charge in [0, 0.05) is 5.56 Å². The fourth-order valence-electron chi connectivity index (χ4n) is 4.56. The van der Waals surface area contributed by atoms with Gasteiger partial charge in [0.05, 0.1) is 46.7 Å². The SMILES string of the molecule is COc1cc(C(=O)OC[C@H]2O[C@H]3c4c(cc(OC)c(OC)c4OC)C(=O)O[C@@H]3[C@@H](O)[C@@H]2O)cc(O)c1OC. The van der Waals surface area contributed by atoms with E-state index < -0.39 is 49.1 Å². The van der Waals surface area contributed by atoms with Gasteiger partial charge in [-0.15, -0.1) is 0 Å². The third kappa shape index (κ3) is 4.48. The molecule has 1 saturated heterocycles. The van der Waals surface area contributed by atoms with E-state index in [0.29, 0.717) is 0 Å². The topological polar surface area (TPSA) is 169 Å². The molecule has 0 spiro atoms. The summed E-state index contributed by atoms with van der Waals surface area (Å²) in [6.45, 7) is -0.492. The number of hydrogen-bond acceptors (Lipinski definition) is 13. The largest absolute Gasteiger partial charge is 0.504 e. The lowest BCUT2D eigenvalue weighted by molar-refractivity contribution is -0.235. The predicted molar refractivity (Wildman–Crippen MR) is 126 cm³/mol. The molecule has 3 N–H and O–H groups in total. The molecular formula is C25H28O13. The van der Waals surface area contributed by atoms with Gasteiger partial charge in [0.1, 0.15) is 31.0 Å². The van der Waals surface area contributed by atoms with E-state index in [2.05, 4.69) is 0 Å². The summed E-state index contributed by atoms with van der Waals surface area (Å²) in [6, 6.07) is 3.84. The van der Waals surface area contributed by atoms with Crippen molar-refractivity contribution in [1.29, 1.82) is 0 Å². The molecule has 0 unspecified atom stereocenters. The Morgan fingerprint density at radius 3 is 2.11 bits per heavy atom. The van der Waals surface area contributed by atoms with E-state index in [1.54, 1.807) is 0 Å². The van der Waals surface area contributed by atoms with E-state index in [4.69, 9.17) is 37.9 Å². The van der Waals surface area contributed by atoms with Crippen molar-refractivity contribution in [2.24, 2.45) is 0 Å². The Balaban J connectivity index is 1.62. The molecule has 2 aromatic rings. The zero-order chi connectivity index (χ0) is 27.7. The quantitative estimate of drug-likeness (QED) is 0.409. The van der Waals surface area contributed by atoms with Gasteiger partial charge in [-0.25, -0.2) is 9.59 Å². The number of ether oxygens (including phenoxy) is 8. The minimum Gasteiger partial charge on any atom is -0.504 e. The second-order valence-electron chi connectivity index (χ2n) is 8.38.